The van der Waals surface area contributed by atoms with E-state index < -0.39 is 17.6 Å². The summed E-state index contributed by atoms with van der Waals surface area (Å²) < 4.78 is 59.1. The second kappa shape index (κ2) is 1.85. The molecule has 1 rings (SSSR count). The van der Waals surface area contributed by atoms with Crippen LogP contribution in [0.4, 0.5) is 22.0 Å². The minimum atomic E-state index is -5.52. The Hall–Kier alpha value is -0.390. The largest absolute Gasteiger partial charge is 0.455 e. The summed E-state index contributed by atoms with van der Waals surface area (Å²) in [5.41, 5.74) is 2.41. The molecule has 1 nitrogen and oxygen atoms in total. The molecule has 0 radical (unpaired) electrons. The molecule has 0 aromatic carbocycles. The summed E-state index contributed by atoms with van der Waals surface area (Å²) in [4.78, 5) is 0. The fourth-order valence-corrected chi connectivity index (χ4v) is 0.731. The third-order valence-electron chi connectivity index (χ3n) is 1.77. The lowest BCUT2D eigenvalue weighted by Gasteiger charge is -2.24. The molecule has 0 heterocycles. The third-order valence-corrected chi connectivity index (χ3v) is 1.77. The Morgan fingerprint density at radius 1 is 1.00 bits per heavy atom. The molecule has 1 fully saturated rings. The monoisotopic (exact) mass is 175 g/mol. The summed E-state index contributed by atoms with van der Waals surface area (Å²) in [6.07, 6.45) is -6.04. The number of rotatable bonds is 1. The Morgan fingerprint density at radius 3 is 1.45 bits per heavy atom. The number of alkyl halides is 5. The number of hydrogen-bond donors (Lipinski definition) is 1. The van der Waals surface area contributed by atoms with Crippen LogP contribution in [0.1, 0.15) is 12.8 Å². The first-order chi connectivity index (χ1) is 4.71. The average Bonchev–Trinajstić information content (AvgIpc) is 2.45. The Bertz CT molecular complexity index is 161. The van der Waals surface area contributed by atoms with E-state index in [1.165, 1.54) is 0 Å². The first-order valence-electron chi connectivity index (χ1n) is 2.94. The molecule has 0 saturated heterocycles. The second-order valence-electron chi connectivity index (χ2n) is 2.73. The van der Waals surface area contributed by atoms with E-state index in [1.54, 1.807) is 0 Å². The van der Waals surface area contributed by atoms with Crippen LogP contribution in [0.3, 0.4) is 0 Å². The van der Waals surface area contributed by atoms with Gasteiger partial charge < -0.3 is 5.73 Å². The van der Waals surface area contributed by atoms with Crippen molar-refractivity contribution in [3.63, 3.8) is 0 Å². The van der Waals surface area contributed by atoms with Crippen molar-refractivity contribution in [2.24, 2.45) is 5.73 Å². The van der Waals surface area contributed by atoms with Gasteiger partial charge >= 0.3 is 12.1 Å². The van der Waals surface area contributed by atoms with E-state index in [0.29, 0.717) is 0 Å². The highest BCUT2D eigenvalue weighted by atomic mass is 19.4. The summed E-state index contributed by atoms with van der Waals surface area (Å²) >= 11 is 0. The van der Waals surface area contributed by atoms with Crippen molar-refractivity contribution in [3.05, 3.63) is 0 Å². The second-order valence-corrected chi connectivity index (χ2v) is 2.73. The predicted octanol–water partition coefficient (Wildman–Crippen LogP) is 1.68. The van der Waals surface area contributed by atoms with Crippen molar-refractivity contribution >= 4 is 0 Å². The molecular weight excluding hydrogens is 169 g/mol. The van der Waals surface area contributed by atoms with Crippen LogP contribution in [-0.4, -0.2) is 17.6 Å². The standard InChI is InChI=1S/C5H6F5N/c6-4(7,5(8,9)10)3(11)1-2-3/h1-2,11H2. The molecule has 0 unspecified atom stereocenters. The van der Waals surface area contributed by atoms with Gasteiger partial charge in [-0.25, -0.2) is 0 Å². The molecule has 1 aliphatic rings. The molecular formula is C5H6F5N. The SMILES string of the molecule is NC1(C(F)(F)C(F)(F)F)CC1. The lowest BCUT2D eigenvalue weighted by atomic mass is 10.1. The van der Waals surface area contributed by atoms with E-state index in [-0.39, 0.29) is 12.8 Å². The Balaban J connectivity index is 2.82. The minimum Gasteiger partial charge on any atom is -0.320 e. The van der Waals surface area contributed by atoms with E-state index in [0.717, 1.165) is 0 Å². The van der Waals surface area contributed by atoms with Crippen molar-refractivity contribution in [2.75, 3.05) is 0 Å². The van der Waals surface area contributed by atoms with Gasteiger partial charge in [-0.15, -0.1) is 0 Å². The predicted molar refractivity (Wildman–Crippen MR) is 27.2 cm³/mol. The molecule has 0 aromatic heterocycles. The highest BCUT2D eigenvalue weighted by molar-refractivity contribution is 5.12. The Kier molecular flexibility index (Phi) is 1.47. The van der Waals surface area contributed by atoms with Crippen molar-refractivity contribution in [1.82, 2.24) is 0 Å². The fraction of sp³-hybridized carbons (Fsp3) is 1.00. The van der Waals surface area contributed by atoms with Gasteiger partial charge in [-0.2, -0.15) is 22.0 Å². The highest BCUT2D eigenvalue weighted by Gasteiger charge is 2.73. The molecule has 1 aliphatic carbocycles. The first-order valence-corrected chi connectivity index (χ1v) is 2.94. The summed E-state index contributed by atoms with van der Waals surface area (Å²) in [5, 5.41) is 0. The molecule has 0 bridgehead atoms. The molecule has 1 saturated carbocycles. The molecule has 0 spiro atoms. The van der Waals surface area contributed by atoms with Gasteiger partial charge in [-0.1, -0.05) is 0 Å². The Morgan fingerprint density at radius 2 is 1.36 bits per heavy atom. The van der Waals surface area contributed by atoms with E-state index in [1.807, 2.05) is 0 Å². The first kappa shape index (κ1) is 8.70. The van der Waals surface area contributed by atoms with Gasteiger partial charge in [0.2, 0.25) is 0 Å². The van der Waals surface area contributed by atoms with Gasteiger partial charge in [-0.3, -0.25) is 0 Å². The Labute approximate surface area is 59.4 Å². The zero-order valence-electron chi connectivity index (χ0n) is 5.38. The normalized spacial score (nSPS) is 23.5. The van der Waals surface area contributed by atoms with E-state index in [4.69, 9.17) is 5.73 Å². The maximum Gasteiger partial charge on any atom is 0.455 e. The summed E-state index contributed by atoms with van der Waals surface area (Å²) in [7, 11) is 0. The topological polar surface area (TPSA) is 26.0 Å². The summed E-state index contributed by atoms with van der Waals surface area (Å²) in [6, 6.07) is 0. The van der Waals surface area contributed by atoms with Crippen LogP contribution in [0.15, 0.2) is 0 Å². The molecule has 0 amide bonds. The zero-order valence-corrected chi connectivity index (χ0v) is 5.38. The number of nitrogens with two attached hydrogens (primary N) is 1. The quantitative estimate of drug-likeness (QED) is 0.603. The van der Waals surface area contributed by atoms with E-state index in [9.17, 15) is 22.0 Å². The van der Waals surface area contributed by atoms with Gasteiger partial charge in [-0.05, 0) is 12.8 Å². The van der Waals surface area contributed by atoms with E-state index in [2.05, 4.69) is 0 Å². The molecule has 0 atom stereocenters. The van der Waals surface area contributed by atoms with E-state index >= 15 is 0 Å². The minimum absolute atomic E-state index is 0.264. The van der Waals surface area contributed by atoms with Crippen LogP contribution in [0.25, 0.3) is 0 Å². The maximum atomic E-state index is 12.2. The van der Waals surface area contributed by atoms with Crippen molar-refractivity contribution in [3.8, 4) is 0 Å². The summed E-state index contributed by atoms with van der Waals surface area (Å²) in [6.45, 7) is 0. The zero-order chi connectivity index (χ0) is 8.91. The molecule has 0 aliphatic heterocycles. The molecule has 0 aromatic rings. The van der Waals surface area contributed by atoms with Crippen LogP contribution in [-0.2, 0) is 0 Å². The third kappa shape index (κ3) is 1.09. The number of halogens is 5. The van der Waals surface area contributed by atoms with Gasteiger partial charge in [0.1, 0.15) is 0 Å². The van der Waals surface area contributed by atoms with Gasteiger partial charge in [0.15, 0.2) is 0 Å². The van der Waals surface area contributed by atoms with Crippen LogP contribution >= 0.6 is 0 Å². The van der Waals surface area contributed by atoms with Gasteiger partial charge in [0, 0.05) is 0 Å². The van der Waals surface area contributed by atoms with Gasteiger partial charge in [0.05, 0.1) is 5.54 Å². The van der Waals surface area contributed by atoms with Crippen molar-refractivity contribution < 1.29 is 22.0 Å². The molecule has 2 N–H and O–H groups in total. The van der Waals surface area contributed by atoms with Crippen LogP contribution in [0.5, 0.6) is 0 Å². The fourth-order valence-electron chi connectivity index (χ4n) is 0.731. The smallest absolute Gasteiger partial charge is 0.320 e. The average molecular weight is 175 g/mol. The van der Waals surface area contributed by atoms with Crippen LogP contribution < -0.4 is 5.73 Å². The van der Waals surface area contributed by atoms with Crippen molar-refractivity contribution in [2.45, 2.75) is 30.5 Å². The lowest BCUT2D eigenvalue weighted by Crippen LogP contribution is -2.53. The van der Waals surface area contributed by atoms with Crippen molar-refractivity contribution in [1.29, 1.82) is 0 Å². The highest BCUT2D eigenvalue weighted by Crippen LogP contribution is 2.53. The van der Waals surface area contributed by atoms with Crippen LogP contribution in [0, 0.1) is 0 Å². The lowest BCUT2D eigenvalue weighted by molar-refractivity contribution is -0.294. The van der Waals surface area contributed by atoms with Gasteiger partial charge in [0.25, 0.3) is 0 Å². The maximum absolute atomic E-state index is 12.2. The molecule has 66 valence electrons. The van der Waals surface area contributed by atoms with Crippen LogP contribution in [0.2, 0.25) is 0 Å². The molecule has 11 heavy (non-hydrogen) atoms. The number of hydrogen-bond acceptors (Lipinski definition) is 1. The summed E-state index contributed by atoms with van der Waals surface area (Å²) in [5.74, 6) is -4.74. The molecule has 6 heteroatoms.